The van der Waals surface area contributed by atoms with E-state index >= 15 is 0 Å². The molecule has 1 aromatic rings. The van der Waals surface area contributed by atoms with Gasteiger partial charge in [-0.15, -0.1) is 0 Å². The molecule has 0 aliphatic carbocycles. The number of urea groups is 1. The van der Waals surface area contributed by atoms with Crippen molar-refractivity contribution in [1.29, 1.82) is 0 Å². The maximum Gasteiger partial charge on any atom is 0.320 e. The molecule has 2 fully saturated rings. The molecular weight excluding hydrogens is 242 g/mol. The van der Waals surface area contributed by atoms with E-state index in [-0.39, 0.29) is 6.03 Å². The van der Waals surface area contributed by atoms with Crippen LogP contribution in [0.4, 0.5) is 4.79 Å². The van der Waals surface area contributed by atoms with Gasteiger partial charge in [0.2, 0.25) is 0 Å². The van der Waals surface area contributed by atoms with Crippen LogP contribution in [0.1, 0.15) is 5.56 Å². The fourth-order valence-corrected chi connectivity index (χ4v) is 2.81. The van der Waals surface area contributed by atoms with Crippen molar-refractivity contribution in [2.75, 3.05) is 33.3 Å². The topological polar surface area (TPSA) is 44.8 Å². The van der Waals surface area contributed by atoms with Gasteiger partial charge in [-0.25, -0.2) is 4.79 Å². The highest BCUT2D eigenvalue weighted by Crippen LogP contribution is 2.21. The Labute approximate surface area is 113 Å². The van der Waals surface area contributed by atoms with Crippen LogP contribution in [-0.4, -0.2) is 55.2 Å². The van der Waals surface area contributed by atoms with E-state index in [0.29, 0.717) is 12.6 Å². The Hall–Kier alpha value is -1.75. The third-order valence-corrected chi connectivity index (χ3v) is 3.81. The molecule has 1 N–H and O–H groups in total. The summed E-state index contributed by atoms with van der Waals surface area (Å²) >= 11 is 0. The van der Waals surface area contributed by atoms with E-state index in [1.807, 2.05) is 34.1 Å². The van der Waals surface area contributed by atoms with Crippen molar-refractivity contribution in [3.63, 3.8) is 0 Å². The lowest BCUT2D eigenvalue weighted by molar-refractivity contribution is 0.178. The summed E-state index contributed by atoms with van der Waals surface area (Å²) < 4.78 is 5.22. The van der Waals surface area contributed by atoms with Gasteiger partial charge in [0.1, 0.15) is 5.75 Å². The average Bonchev–Trinajstić information content (AvgIpc) is 2.76. The number of nitrogens with one attached hydrogen (secondary N) is 1. The first-order valence-electron chi connectivity index (χ1n) is 6.67. The summed E-state index contributed by atoms with van der Waals surface area (Å²) in [6.45, 7) is 4.08. The maximum absolute atomic E-state index is 12.3. The smallest absolute Gasteiger partial charge is 0.320 e. The van der Waals surface area contributed by atoms with Gasteiger partial charge in [-0.2, -0.15) is 0 Å². The molecule has 0 saturated carbocycles. The van der Waals surface area contributed by atoms with Crippen molar-refractivity contribution in [1.82, 2.24) is 15.1 Å². The Morgan fingerprint density at radius 2 is 2.37 bits per heavy atom. The normalized spacial score (nSPS) is 22.6. The summed E-state index contributed by atoms with van der Waals surface area (Å²) in [5.41, 5.74) is 1.11. The van der Waals surface area contributed by atoms with Gasteiger partial charge in [0.25, 0.3) is 0 Å². The van der Waals surface area contributed by atoms with Crippen LogP contribution in [0.25, 0.3) is 0 Å². The Morgan fingerprint density at radius 1 is 1.47 bits per heavy atom. The number of hydrogen-bond acceptors (Lipinski definition) is 3. The van der Waals surface area contributed by atoms with Crippen molar-refractivity contribution in [2.45, 2.75) is 12.6 Å². The van der Waals surface area contributed by atoms with Gasteiger partial charge in [0.15, 0.2) is 0 Å². The van der Waals surface area contributed by atoms with Crippen molar-refractivity contribution >= 4 is 6.03 Å². The van der Waals surface area contributed by atoms with Crippen molar-refractivity contribution < 1.29 is 9.53 Å². The number of ether oxygens (including phenoxy) is 1. The van der Waals surface area contributed by atoms with Crippen LogP contribution in [0.2, 0.25) is 0 Å². The fourth-order valence-electron chi connectivity index (χ4n) is 2.81. The first-order chi connectivity index (χ1) is 9.28. The van der Waals surface area contributed by atoms with E-state index in [4.69, 9.17) is 4.74 Å². The zero-order chi connectivity index (χ0) is 13.2. The Bertz CT molecular complexity index is 478. The van der Waals surface area contributed by atoms with Crippen LogP contribution >= 0.6 is 0 Å². The molecule has 1 unspecified atom stereocenters. The fraction of sp³-hybridized carbons (Fsp3) is 0.500. The summed E-state index contributed by atoms with van der Waals surface area (Å²) in [7, 11) is 1.66. The third kappa shape index (κ3) is 2.38. The summed E-state index contributed by atoms with van der Waals surface area (Å²) in [4.78, 5) is 16.2. The van der Waals surface area contributed by atoms with Gasteiger partial charge in [0.05, 0.1) is 13.2 Å². The number of carbonyl (C=O) groups excluding carboxylic acids is 1. The minimum absolute atomic E-state index is 0.161. The molecule has 2 aliphatic rings. The van der Waals surface area contributed by atoms with Crippen LogP contribution < -0.4 is 10.1 Å². The van der Waals surface area contributed by atoms with Gasteiger partial charge in [-0.3, -0.25) is 0 Å². The molecule has 0 aromatic heterocycles. The standard InChI is InChI=1S/C14H19N3O2/c1-19-13-4-2-3-11(7-13)9-16-10-12-8-15-5-6-17(12)14(16)18/h2-4,7,12,15H,5-6,8-10H2,1H3. The second-order valence-corrected chi connectivity index (χ2v) is 5.07. The highest BCUT2D eigenvalue weighted by atomic mass is 16.5. The van der Waals surface area contributed by atoms with Crippen LogP contribution in [0.5, 0.6) is 5.75 Å². The summed E-state index contributed by atoms with van der Waals surface area (Å²) in [5.74, 6) is 0.837. The quantitative estimate of drug-likeness (QED) is 0.879. The second kappa shape index (κ2) is 5.09. The lowest BCUT2D eigenvalue weighted by atomic mass is 10.2. The maximum atomic E-state index is 12.3. The second-order valence-electron chi connectivity index (χ2n) is 5.07. The minimum Gasteiger partial charge on any atom is -0.497 e. The number of amides is 2. The zero-order valence-corrected chi connectivity index (χ0v) is 11.1. The van der Waals surface area contributed by atoms with E-state index in [0.717, 1.165) is 37.5 Å². The van der Waals surface area contributed by atoms with E-state index in [1.165, 1.54) is 0 Å². The highest BCUT2D eigenvalue weighted by Gasteiger charge is 2.38. The summed E-state index contributed by atoms with van der Waals surface area (Å²) in [6.07, 6.45) is 0. The molecule has 1 atom stereocenters. The molecule has 19 heavy (non-hydrogen) atoms. The van der Waals surface area contributed by atoms with Gasteiger partial charge in [-0.05, 0) is 17.7 Å². The van der Waals surface area contributed by atoms with Gasteiger partial charge in [-0.1, -0.05) is 12.1 Å². The number of fused-ring (bicyclic) bond motifs is 1. The number of rotatable bonds is 3. The largest absolute Gasteiger partial charge is 0.497 e. The first-order valence-corrected chi connectivity index (χ1v) is 6.67. The predicted molar refractivity (Wildman–Crippen MR) is 72.2 cm³/mol. The highest BCUT2D eigenvalue weighted by molar-refractivity contribution is 5.77. The van der Waals surface area contributed by atoms with E-state index in [1.54, 1.807) is 7.11 Å². The lowest BCUT2D eigenvalue weighted by Gasteiger charge is -2.28. The number of methoxy groups -OCH3 is 1. The number of nitrogens with zero attached hydrogens (tertiary/aromatic N) is 2. The van der Waals surface area contributed by atoms with E-state index in [9.17, 15) is 4.79 Å². The van der Waals surface area contributed by atoms with E-state index in [2.05, 4.69) is 5.32 Å². The SMILES string of the molecule is COc1cccc(CN2CC3CNCCN3C2=O)c1. The van der Waals surface area contributed by atoms with Crippen molar-refractivity contribution in [3.8, 4) is 5.75 Å². The number of hydrogen-bond donors (Lipinski definition) is 1. The molecular formula is C14H19N3O2. The molecule has 2 heterocycles. The molecule has 0 radical (unpaired) electrons. The molecule has 0 bridgehead atoms. The summed E-state index contributed by atoms with van der Waals surface area (Å²) in [5, 5.41) is 3.34. The molecule has 2 saturated heterocycles. The Morgan fingerprint density at radius 3 is 3.16 bits per heavy atom. The lowest BCUT2D eigenvalue weighted by Crippen LogP contribution is -2.49. The van der Waals surface area contributed by atoms with Gasteiger partial charge >= 0.3 is 6.03 Å². The molecule has 102 valence electrons. The Kier molecular flexibility index (Phi) is 3.29. The van der Waals surface area contributed by atoms with Gasteiger partial charge in [0, 0.05) is 32.7 Å². The molecule has 0 spiro atoms. The minimum atomic E-state index is 0.161. The average molecular weight is 261 g/mol. The van der Waals surface area contributed by atoms with Crippen LogP contribution in [0.15, 0.2) is 24.3 Å². The Balaban J connectivity index is 1.71. The molecule has 3 rings (SSSR count). The summed E-state index contributed by atoms with van der Waals surface area (Å²) in [6, 6.07) is 8.39. The van der Waals surface area contributed by atoms with Crippen LogP contribution in [0.3, 0.4) is 0 Å². The number of carbonyl (C=O) groups is 1. The van der Waals surface area contributed by atoms with E-state index < -0.39 is 0 Å². The van der Waals surface area contributed by atoms with Crippen LogP contribution in [0, 0.1) is 0 Å². The number of piperazine rings is 1. The molecule has 5 heteroatoms. The molecule has 2 aliphatic heterocycles. The van der Waals surface area contributed by atoms with Gasteiger partial charge < -0.3 is 19.9 Å². The molecule has 2 amide bonds. The zero-order valence-electron chi connectivity index (χ0n) is 11.1. The number of benzene rings is 1. The predicted octanol–water partition coefficient (Wildman–Crippen LogP) is 0.905. The van der Waals surface area contributed by atoms with Crippen molar-refractivity contribution in [3.05, 3.63) is 29.8 Å². The monoisotopic (exact) mass is 261 g/mol. The van der Waals surface area contributed by atoms with Crippen LogP contribution in [-0.2, 0) is 6.54 Å². The third-order valence-electron chi connectivity index (χ3n) is 3.81. The molecule has 1 aromatic carbocycles. The molecule has 5 nitrogen and oxygen atoms in total. The first kappa shape index (κ1) is 12.3. The van der Waals surface area contributed by atoms with Crippen molar-refractivity contribution in [2.24, 2.45) is 0 Å².